The summed E-state index contributed by atoms with van der Waals surface area (Å²) in [5.41, 5.74) is 0.950. The molecule has 0 aliphatic carbocycles. The Balaban J connectivity index is 1.73. The molecule has 2 rings (SSSR count). The lowest BCUT2D eigenvalue weighted by atomic mass is 10.2. The number of likely N-dealkylation sites (tertiary alicyclic amines) is 1. The third kappa shape index (κ3) is 4.66. The third-order valence-corrected chi connectivity index (χ3v) is 3.25. The molecular weight excluding hydrogens is 272 g/mol. The van der Waals surface area contributed by atoms with Crippen molar-refractivity contribution in [2.75, 3.05) is 19.7 Å². The number of nitrogens with zero attached hydrogens (tertiary/aromatic N) is 1. The number of benzene rings is 1. The van der Waals surface area contributed by atoms with Gasteiger partial charge in [-0.2, -0.15) is 0 Å². The van der Waals surface area contributed by atoms with Crippen molar-refractivity contribution in [2.24, 2.45) is 0 Å². The van der Waals surface area contributed by atoms with Crippen LogP contribution in [-0.2, 0) is 16.1 Å². The first-order valence-corrected chi connectivity index (χ1v) is 7.08. The summed E-state index contributed by atoms with van der Waals surface area (Å²) in [4.78, 5) is 24.9. The predicted octanol–water partition coefficient (Wildman–Crippen LogP) is 2.14. The normalized spacial score (nSPS) is 17.4. The van der Waals surface area contributed by atoms with Gasteiger partial charge in [0.15, 0.2) is 0 Å². The average Bonchev–Trinajstić information content (AvgIpc) is 2.94. The number of alkyl carbamates (subject to hydrolysis) is 1. The van der Waals surface area contributed by atoms with E-state index in [4.69, 9.17) is 9.47 Å². The third-order valence-electron chi connectivity index (χ3n) is 3.25. The van der Waals surface area contributed by atoms with Crippen LogP contribution in [0.5, 0.6) is 0 Å². The molecule has 0 radical (unpaired) electrons. The number of carbonyl (C=O) groups is 2. The van der Waals surface area contributed by atoms with Crippen LogP contribution in [0.3, 0.4) is 0 Å². The standard InChI is InChI=1S/C15H20N2O4/c1-2-20-14(18)16-13-8-9-17(10-13)15(19)21-11-12-6-4-3-5-7-12/h3-7,13H,2,8-11H2,1H3,(H,16,18)/t13-/m0/s1. The fourth-order valence-electron chi connectivity index (χ4n) is 2.19. The van der Waals surface area contributed by atoms with Crippen LogP contribution >= 0.6 is 0 Å². The quantitative estimate of drug-likeness (QED) is 0.923. The molecule has 1 atom stereocenters. The fraction of sp³-hybridized carbons (Fsp3) is 0.467. The Morgan fingerprint density at radius 3 is 2.76 bits per heavy atom. The smallest absolute Gasteiger partial charge is 0.410 e. The van der Waals surface area contributed by atoms with E-state index in [1.807, 2.05) is 30.3 Å². The molecule has 0 spiro atoms. The Morgan fingerprint density at radius 1 is 1.29 bits per heavy atom. The Kier molecular flexibility index (Phi) is 5.43. The maximum absolute atomic E-state index is 11.9. The van der Waals surface area contributed by atoms with E-state index in [0.29, 0.717) is 26.1 Å². The molecule has 1 fully saturated rings. The Hall–Kier alpha value is -2.24. The van der Waals surface area contributed by atoms with E-state index in [2.05, 4.69) is 5.32 Å². The van der Waals surface area contributed by atoms with Gasteiger partial charge in [-0.25, -0.2) is 9.59 Å². The fourth-order valence-corrected chi connectivity index (χ4v) is 2.19. The SMILES string of the molecule is CCOC(=O)N[C@H]1CCN(C(=O)OCc2ccccc2)C1. The summed E-state index contributed by atoms with van der Waals surface area (Å²) in [6.07, 6.45) is -0.0896. The Morgan fingerprint density at radius 2 is 2.05 bits per heavy atom. The first-order chi connectivity index (χ1) is 10.2. The molecule has 0 saturated carbocycles. The van der Waals surface area contributed by atoms with E-state index in [0.717, 1.165) is 5.56 Å². The molecule has 1 aromatic rings. The van der Waals surface area contributed by atoms with Gasteiger partial charge in [-0.1, -0.05) is 30.3 Å². The van der Waals surface area contributed by atoms with Crippen molar-refractivity contribution in [2.45, 2.75) is 26.0 Å². The minimum absolute atomic E-state index is 0.0756. The van der Waals surface area contributed by atoms with Gasteiger partial charge in [0.25, 0.3) is 0 Å². The molecule has 6 nitrogen and oxygen atoms in total. The molecular formula is C15H20N2O4. The number of rotatable bonds is 4. The molecule has 114 valence electrons. The van der Waals surface area contributed by atoms with Gasteiger partial charge in [0.2, 0.25) is 0 Å². The van der Waals surface area contributed by atoms with Crippen molar-refractivity contribution >= 4 is 12.2 Å². The lowest BCUT2D eigenvalue weighted by Crippen LogP contribution is -2.38. The Labute approximate surface area is 124 Å². The first-order valence-electron chi connectivity index (χ1n) is 7.08. The van der Waals surface area contributed by atoms with Crippen molar-refractivity contribution in [3.05, 3.63) is 35.9 Å². The van der Waals surface area contributed by atoms with Crippen molar-refractivity contribution in [3.8, 4) is 0 Å². The van der Waals surface area contributed by atoms with E-state index < -0.39 is 6.09 Å². The minimum atomic E-state index is -0.443. The zero-order valence-corrected chi connectivity index (χ0v) is 12.1. The van der Waals surface area contributed by atoms with Crippen LogP contribution in [0.15, 0.2) is 30.3 Å². The maximum atomic E-state index is 11.9. The minimum Gasteiger partial charge on any atom is -0.450 e. The van der Waals surface area contributed by atoms with E-state index in [1.54, 1.807) is 11.8 Å². The van der Waals surface area contributed by atoms with Crippen molar-refractivity contribution in [3.63, 3.8) is 0 Å². The molecule has 0 aromatic heterocycles. The van der Waals surface area contributed by atoms with Crippen molar-refractivity contribution < 1.29 is 19.1 Å². The maximum Gasteiger partial charge on any atom is 0.410 e. The summed E-state index contributed by atoms with van der Waals surface area (Å²) < 4.78 is 10.1. The van der Waals surface area contributed by atoms with Crippen LogP contribution in [0.4, 0.5) is 9.59 Å². The van der Waals surface area contributed by atoms with Crippen LogP contribution in [0.25, 0.3) is 0 Å². The highest BCUT2D eigenvalue weighted by atomic mass is 16.6. The summed E-state index contributed by atoms with van der Waals surface area (Å²) in [6.45, 7) is 3.37. The largest absolute Gasteiger partial charge is 0.450 e. The van der Waals surface area contributed by atoms with Crippen LogP contribution < -0.4 is 5.32 Å². The predicted molar refractivity (Wildman–Crippen MR) is 76.8 cm³/mol. The molecule has 1 aliphatic heterocycles. The van der Waals surface area contributed by atoms with Gasteiger partial charge >= 0.3 is 12.2 Å². The van der Waals surface area contributed by atoms with Gasteiger partial charge in [0.1, 0.15) is 6.61 Å². The summed E-state index contributed by atoms with van der Waals surface area (Å²) in [5, 5.41) is 2.73. The van der Waals surface area contributed by atoms with E-state index in [9.17, 15) is 9.59 Å². The number of ether oxygens (including phenoxy) is 2. The van der Waals surface area contributed by atoms with Crippen LogP contribution in [0.2, 0.25) is 0 Å². The van der Waals surface area contributed by atoms with Crippen LogP contribution in [-0.4, -0.2) is 42.8 Å². The molecule has 1 heterocycles. The number of nitrogens with one attached hydrogen (secondary N) is 1. The molecule has 1 aromatic carbocycles. The lowest BCUT2D eigenvalue weighted by Gasteiger charge is -2.16. The van der Waals surface area contributed by atoms with E-state index in [-0.39, 0.29) is 18.7 Å². The number of amides is 2. The zero-order chi connectivity index (χ0) is 15.1. The summed E-state index contributed by atoms with van der Waals surface area (Å²) in [5.74, 6) is 0. The zero-order valence-electron chi connectivity index (χ0n) is 12.1. The Bertz CT molecular complexity index is 478. The number of hydrogen-bond donors (Lipinski definition) is 1. The summed E-state index contributed by atoms with van der Waals surface area (Å²) in [6, 6.07) is 9.45. The van der Waals surface area contributed by atoms with Crippen LogP contribution in [0.1, 0.15) is 18.9 Å². The topological polar surface area (TPSA) is 67.9 Å². The number of carbonyl (C=O) groups excluding carboxylic acids is 2. The number of hydrogen-bond acceptors (Lipinski definition) is 4. The monoisotopic (exact) mass is 292 g/mol. The second-order valence-electron chi connectivity index (χ2n) is 4.84. The molecule has 6 heteroatoms. The highest BCUT2D eigenvalue weighted by Crippen LogP contribution is 2.12. The van der Waals surface area contributed by atoms with Crippen molar-refractivity contribution in [1.82, 2.24) is 10.2 Å². The molecule has 2 amide bonds. The molecule has 0 bridgehead atoms. The van der Waals surface area contributed by atoms with E-state index in [1.165, 1.54) is 0 Å². The van der Waals surface area contributed by atoms with E-state index >= 15 is 0 Å². The van der Waals surface area contributed by atoms with Gasteiger partial charge in [0.05, 0.1) is 12.6 Å². The second kappa shape index (κ2) is 7.52. The van der Waals surface area contributed by atoms with Gasteiger partial charge in [0, 0.05) is 13.1 Å². The highest BCUT2D eigenvalue weighted by molar-refractivity contribution is 5.69. The highest BCUT2D eigenvalue weighted by Gasteiger charge is 2.28. The van der Waals surface area contributed by atoms with Gasteiger partial charge in [-0.05, 0) is 18.9 Å². The summed E-state index contributed by atoms with van der Waals surface area (Å²) >= 11 is 0. The van der Waals surface area contributed by atoms with Gasteiger partial charge < -0.3 is 19.7 Å². The van der Waals surface area contributed by atoms with Crippen molar-refractivity contribution in [1.29, 1.82) is 0 Å². The molecule has 0 unspecified atom stereocenters. The molecule has 1 saturated heterocycles. The molecule has 1 N–H and O–H groups in total. The van der Waals surface area contributed by atoms with Crippen LogP contribution in [0, 0.1) is 0 Å². The summed E-state index contributed by atoms with van der Waals surface area (Å²) in [7, 11) is 0. The van der Waals surface area contributed by atoms with Gasteiger partial charge in [-0.15, -0.1) is 0 Å². The first kappa shape index (κ1) is 15.2. The molecule has 21 heavy (non-hydrogen) atoms. The second-order valence-corrected chi connectivity index (χ2v) is 4.84. The molecule has 1 aliphatic rings. The average molecular weight is 292 g/mol. The lowest BCUT2D eigenvalue weighted by molar-refractivity contribution is 0.103. The van der Waals surface area contributed by atoms with Gasteiger partial charge in [-0.3, -0.25) is 0 Å².